The van der Waals surface area contributed by atoms with Gasteiger partial charge in [0.15, 0.2) is 5.82 Å². The molecule has 0 bridgehead atoms. The Morgan fingerprint density at radius 3 is 3.29 bits per heavy atom. The van der Waals surface area contributed by atoms with Gasteiger partial charge in [0.2, 0.25) is 5.89 Å². The van der Waals surface area contributed by atoms with Gasteiger partial charge in [0.05, 0.1) is 11.8 Å². The highest BCUT2D eigenvalue weighted by Crippen LogP contribution is 2.21. The Bertz CT molecular complexity index is 283. The first-order valence-corrected chi connectivity index (χ1v) is 6.19. The standard InChI is InChI=1S/C9H15N3OS/c1-2-14-6-8-11-9(13-12-8)7-4-3-5-10-7/h7,10H,2-6H2,1H3/t7-/m1/s1. The average molecular weight is 213 g/mol. The Morgan fingerprint density at radius 1 is 1.64 bits per heavy atom. The summed E-state index contributed by atoms with van der Waals surface area (Å²) in [6, 6.07) is 0.294. The minimum atomic E-state index is 0.294. The zero-order valence-corrected chi connectivity index (χ0v) is 9.14. The molecule has 1 aromatic rings. The smallest absolute Gasteiger partial charge is 0.243 e. The highest BCUT2D eigenvalue weighted by Gasteiger charge is 2.21. The van der Waals surface area contributed by atoms with E-state index in [-0.39, 0.29) is 0 Å². The number of nitrogens with zero attached hydrogens (tertiary/aromatic N) is 2. The van der Waals surface area contributed by atoms with E-state index in [0.717, 1.165) is 36.2 Å². The monoisotopic (exact) mass is 213 g/mol. The molecule has 0 unspecified atom stereocenters. The van der Waals surface area contributed by atoms with Crippen molar-refractivity contribution in [3.63, 3.8) is 0 Å². The van der Waals surface area contributed by atoms with E-state index in [1.807, 2.05) is 11.8 Å². The van der Waals surface area contributed by atoms with Crippen LogP contribution in [0.2, 0.25) is 0 Å². The van der Waals surface area contributed by atoms with Crippen LogP contribution in [0, 0.1) is 0 Å². The summed E-state index contributed by atoms with van der Waals surface area (Å²) < 4.78 is 5.21. The van der Waals surface area contributed by atoms with E-state index in [9.17, 15) is 0 Å². The average Bonchev–Trinajstić information content (AvgIpc) is 2.85. The van der Waals surface area contributed by atoms with Gasteiger partial charge in [-0.25, -0.2) is 0 Å². The number of aromatic nitrogens is 2. The molecule has 78 valence electrons. The van der Waals surface area contributed by atoms with E-state index in [2.05, 4.69) is 22.4 Å². The zero-order chi connectivity index (χ0) is 9.80. The number of thioether (sulfide) groups is 1. The molecule has 2 rings (SSSR count). The van der Waals surface area contributed by atoms with Crippen molar-refractivity contribution in [2.24, 2.45) is 0 Å². The predicted octanol–water partition coefficient (Wildman–Crippen LogP) is 1.75. The van der Waals surface area contributed by atoms with Crippen LogP contribution in [0.1, 0.15) is 37.5 Å². The third-order valence-electron chi connectivity index (χ3n) is 2.28. The molecule has 0 aromatic carbocycles. The van der Waals surface area contributed by atoms with E-state index in [0.29, 0.717) is 6.04 Å². The van der Waals surface area contributed by atoms with Gasteiger partial charge in [-0.15, -0.1) is 0 Å². The van der Waals surface area contributed by atoms with Crippen LogP contribution in [-0.2, 0) is 5.75 Å². The Labute approximate surface area is 87.8 Å². The second-order valence-corrected chi connectivity index (χ2v) is 4.61. The Hall–Kier alpha value is -0.550. The second-order valence-electron chi connectivity index (χ2n) is 3.33. The van der Waals surface area contributed by atoms with Crippen LogP contribution in [0.25, 0.3) is 0 Å². The first-order valence-electron chi connectivity index (χ1n) is 5.03. The van der Waals surface area contributed by atoms with Crippen molar-refractivity contribution in [3.8, 4) is 0 Å². The van der Waals surface area contributed by atoms with Crippen LogP contribution in [0.5, 0.6) is 0 Å². The van der Waals surface area contributed by atoms with E-state index >= 15 is 0 Å². The first-order chi connectivity index (χ1) is 6.90. The summed E-state index contributed by atoms with van der Waals surface area (Å²) in [4.78, 5) is 4.37. The Kier molecular flexibility index (Phi) is 3.42. The molecule has 1 aromatic heterocycles. The number of hydrogen-bond donors (Lipinski definition) is 1. The van der Waals surface area contributed by atoms with E-state index < -0.39 is 0 Å². The first kappa shape index (κ1) is 9.98. The van der Waals surface area contributed by atoms with Gasteiger partial charge in [-0.2, -0.15) is 16.7 Å². The highest BCUT2D eigenvalue weighted by molar-refractivity contribution is 7.98. The fraction of sp³-hybridized carbons (Fsp3) is 0.778. The summed E-state index contributed by atoms with van der Waals surface area (Å²) in [6.45, 7) is 3.19. The molecule has 0 radical (unpaired) electrons. The SMILES string of the molecule is CCSCc1noc([C@H]2CCCN2)n1. The van der Waals surface area contributed by atoms with Crippen molar-refractivity contribution < 1.29 is 4.52 Å². The molecular formula is C9H15N3OS. The van der Waals surface area contributed by atoms with Crippen molar-refractivity contribution in [2.75, 3.05) is 12.3 Å². The van der Waals surface area contributed by atoms with Crippen molar-refractivity contribution in [3.05, 3.63) is 11.7 Å². The molecule has 0 spiro atoms. The van der Waals surface area contributed by atoms with Gasteiger partial charge in [-0.1, -0.05) is 12.1 Å². The lowest BCUT2D eigenvalue weighted by molar-refractivity contribution is 0.342. The van der Waals surface area contributed by atoms with Gasteiger partial charge in [0.1, 0.15) is 0 Å². The Morgan fingerprint density at radius 2 is 2.57 bits per heavy atom. The lowest BCUT2D eigenvalue weighted by atomic mass is 10.2. The summed E-state index contributed by atoms with van der Waals surface area (Å²) >= 11 is 1.81. The molecule has 4 nitrogen and oxygen atoms in total. The van der Waals surface area contributed by atoms with E-state index in [1.165, 1.54) is 6.42 Å². The van der Waals surface area contributed by atoms with Gasteiger partial charge in [0, 0.05) is 0 Å². The van der Waals surface area contributed by atoms with Crippen molar-refractivity contribution in [2.45, 2.75) is 31.6 Å². The van der Waals surface area contributed by atoms with Gasteiger partial charge in [-0.05, 0) is 25.1 Å². The normalized spacial score (nSPS) is 21.6. The summed E-state index contributed by atoms with van der Waals surface area (Å²) in [5.74, 6) is 3.52. The van der Waals surface area contributed by atoms with Crippen molar-refractivity contribution >= 4 is 11.8 Å². The van der Waals surface area contributed by atoms with Crippen LogP contribution in [0.4, 0.5) is 0 Å². The quantitative estimate of drug-likeness (QED) is 0.825. The third-order valence-corrected chi connectivity index (χ3v) is 3.15. The lowest BCUT2D eigenvalue weighted by Crippen LogP contribution is -2.13. The topological polar surface area (TPSA) is 51.0 Å². The van der Waals surface area contributed by atoms with Gasteiger partial charge in [-0.3, -0.25) is 0 Å². The zero-order valence-electron chi connectivity index (χ0n) is 8.32. The molecule has 0 amide bonds. The molecule has 2 heterocycles. The molecule has 1 aliphatic heterocycles. The minimum Gasteiger partial charge on any atom is -0.338 e. The Balaban J connectivity index is 1.94. The van der Waals surface area contributed by atoms with E-state index in [1.54, 1.807) is 0 Å². The highest BCUT2D eigenvalue weighted by atomic mass is 32.2. The molecule has 1 fully saturated rings. The maximum absolute atomic E-state index is 5.21. The summed E-state index contributed by atoms with van der Waals surface area (Å²) in [5, 5.41) is 7.29. The molecule has 1 aliphatic rings. The number of hydrogen-bond acceptors (Lipinski definition) is 5. The molecule has 1 atom stereocenters. The summed E-state index contributed by atoms with van der Waals surface area (Å²) in [6.07, 6.45) is 2.31. The van der Waals surface area contributed by atoms with Crippen LogP contribution in [-0.4, -0.2) is 22.4 Å². The fourth-order valence-electron chi connectivity index (χ4n) is 1.56. The van der Waals surface area contributed by atoms with E-state index in [4.69, 9.17) is 4.52 Å². The van der Waals surface area contributed by atoms with Crippen molar-refractivity contribution in [1.82, 2.24) is 15.5 Å². The number of nitrogens with one attached hydrogen (secondary N) is 1. The molecular weight excluding hydrogens is 198 g/mol. The maximum atomic E-state index is 5.21. The van der Waals surface area contributed by atoms with Crippen LogP contribution in [0.3, 0.4) is 0 Å². The minimum absolute atomic E-state index is 0.294. The molecule has 0 aliphatic carbocycles. The van der Waals surface area contributed by atoms with Gasteiger partial charge in [0.25, 0.3) is 0 Å². The second kappa shape index (κ2) is 4.79. The molecule has 14 heavy (non-hydrogen) atoms. The van der Waals surface area contributed by atoms with Crippen LogP contribution < -0.4 is 5.32 Å². The van der Waals surface area contributed by atoms with Crippen LogP contribution in [0.15, 0.2) is 4.52 Å². The van der Waals surface area contributed by atoms with Gasteiger partial charge >= 0.3 is 0 Å². The lowest BCUT2D eigenvalue weighted by Gasteiger charge is -2.01. The maximum Gasteiger partial charge on any atom is 0.243 e. The summed E-state index contributed by atoms with van der Waals surface area (Å²) in [7, 11) is 0. The van der Waals surface area contributed by atoms with Crippen LogP contribution >= 0.6 is 11.8 Å². The predicted molar refractivity (Wildman–Crippen MR) is 56.1 cm³/mol. The molecule has 1 N–H and O–H groups in total. The molecule has 0 saturated carbocycles. The fourth-order valence-corrected chi connectivity index (χ4v) is 2.06. The molecule has 1 saturated heterocycles. The molecule has 5 heteroatoms. The number of rotatable bonds is 4. The summed E-state index contributed by atoms with van der Waals surface area (Å²) in [5.41, 5.74) is 0. The third kappa shape index (κ3) is 2.27. The van der Waals surface area contributed by atoms with Crippen molar-refractivity contribution in [1.29, 1.82) is 0 Å². The van der Waals surface area contributed by atoms with Gasteiger partial charge < -0.3 is 9.84 Å². The largest absolute Gasteiger partial charge is 0.338 e.